The summed E-state index contributed by atoms with van der Waals surface area (Å²) in [6.07, 6.45) is 0. The van der Waals surface area contributed by atoms with Crippen molar-refractivity contribution in [2.45, 2.75) is 19.6 Å². The Hall–Kier alpha value is -1.31. The molecule has 136 valence electrons. The van der Waals surface area contributed by atoms with Crippen molar-refractivity contribution in [1.29, 1.82) is 0 Å². The van der Waals surface area contributed by atoms with Crippen LogP contribution in [-0.2, 0) is 33.2 Å². The van der Waals surface area contributed by atoms with Crippen LogP contribution in [0, 0.1) is 0 Å². The van der Waals surface area contributed by atoms with Crippen LogP contribution in [0.25, 0.3) is 0 Å². The Kier molecular flexibility index (Phi) is 7.59. The second-order valence-electron chi connectivity index (χ2n) is 6.12. The summed E-state index contributed by atoms with van der Waals surface area (Å²) in [5, 5.41) is 0. The Morgan fingerprint density at radius 2 is 1.15 bits per heavy atom. The van der Waals surface area contributed by atoms with Gasteiger partial charge < -0.3 is 0 Å². The SMILES string of the molecule is [Cl][Ru]([Cl])=[CH]c1ccccc1CN(Cc1ccccc1)Cc1ccccc1. The van der Waals surface area contributed by atoms with Crippen LogP contribution in [0.3, 0.4) is 0 Å². The maximum atomic E-state index is 6.12. The van der Waals surface area contributed by atoms with Gasteiger partial charge >= 0.3 is 169 Å². The second-order valence-corrected chi connectivity index (χ2v) is 11.8. The molecule has 0 heterocycles. The molecule has 3 aromatic rings. The maximum absolute atomic E-state index is 6.12. The molecule has 0 aromatic heterocycles. The molecular formula is C22H21Cl2NRu. The Balaban J connectivity index is 1.85. The van der Waals surface area contributed by atoms with E-state index in [-0.39, 0.29) is 0 Å². The molecule has 0 N–H and O–H groups in total. The van der Waals surface area contributed by atoms with E-state index in [0.29, 0.717) is 0 Å². The third-order valence-electron chi connectivity index (χ3n) is 4.13. The van der Waals surface area contributed by atoms with Gasteiger partial charge in [-0.3, -0.25) is 0 Å². The van der Waals surface area contributed by atoms with Crippen molar-refractivity contribution in [3.63, 3.8) is 0 Å². The fourth-order valence-electron chi connectivity index (χ4n) is 2.95. The van der Waals surface area contributed by atoms with Gasteiger partial charge in [-0.2, -0.15) is 0 Å². The van der Waals surface area contributed by atoms with Gasteiger partial charge in [0.1, 0.15) is 0 Å². The molecule has 0 saturated carbocycles. The fraction of sp³-hybridized carbons (Fsp3) is 0.136. The molecule has 0 aliphatic rings. The zero-order valence-corrected chi connectivity index (χ0v) is 17.6. The van der Waals surface area contributed by atoms with E-state index in [1.807, 2.05) is 10.7 Å². The third-order valence-corrected chi connectivity index (χ3v) is 5.97. The zero-order valence-electron chi connectivity index (χ0n) is 14.3. The molecule has 0 saturated heterocycles. The quantitative estimate of drug-likeness (QED) is 0.384. The first-order valence-electron chi connectivity index (χ1n) is 8.42. The van der Waals surface area contributed by atoms with Gasteiger partial charge in [-0.05, 0) is 0 Å². The van der Waals surface area contributed by atoms with Gasteiger partial charge in [-0.15, -0.1) is 0 Å². The first-order valence-corrected chi connectivity index (χ1v) is 13.9. The minimum absolute atomic E-state index is 0.853. The van der Waals surface area contributed by atoms with Crippen LogP contribution in [-0.4, -0.2) is 9.51 Å². The van der Waals surface area contributed by atoms with E-state index in [0.717, 1.165) is 25.2 Å². The van der Waals surface area contributed by atoms with Gasteiger partial charge in [-0.1, -0.05) is 0 Å². The summed E-state index contributed by atoms with van der Waals surface area (Å²) in [5.74, 6) is 0. The van der Waals surface area contributed by atoms with Gasteiger partial charge in [0, 0.05) is 0 Å². The van der Waals surface area contributed by atoms with Crippen LogP contribution in [0.15, 0.2) is 84.9 Å². The molecule has 0 amide bonds. The van der Waals surface area contributed by atoms with Crippen molar-refractivity contribution in [1.82, 2.24) is 4.90 Å². The van der Waals surface area contributed by atoms with E-state index in [9.17, 15) is 0 Å². The van der Waals surface area contributed by atoms with Crippen LogP contribution in [0.2, 0.25) is 0 Å². The summed E-state index contributed by atoms with van der Waals surface area (Å²) in [7, 11) is 12.2. The van der Waals surface area contributed by atoms with Crippen LogP contribution >= 0.6 is 19.4 Å². The van der Waals surface area contributed by atoms with Crippen molar-refractivity contribution < 1.29 is 13.5 Å². The number of hydrogen-bond donors (Lipinski definition) is 0. The third kappa shape index (κ3) is 6.14. The van der Waals surface area contributed by atoms with E-state index >= 15 is 0 Å². The molecule has 0 aliphatic heterocycles. The van der Waals surface area contributed by atoms with Crippen molar-refractivity contribution >= 4 is 24.0 Å². The fourth-order valence-corrected chi connectivity index (χ4v) is 4.83. The number of benzene rings is 3. The molecule has 3 rings (SSSR count). The number of rotatable bonds is 7. The van der Waals surface area contributed by atoms with E-state index < -0.39 is 13.5 Å². The molecule has 1 nitrogen and oxygen atoms in total. The summed E-state index contributed by atoms with van der Waals surface area (Å²) < 4.78 is 2.03. The number of nitrogens with zero attached hydrogens (tertiary/aromatic N) is 1. The molecule has 0 fully saturated rings. The Morgan fingerprint density at radius 3 is 1.69 bits per heavy atom. The average Bonchev–Trinajstić information content (AvgIpc) is 2.64. The monoisotopic (exact) mass is 471 g/mol. The first-order chi connectivity index (χ1) is 12.7. The molecule has 0 bridgehead atoms. The normalized spacial score (nSPS) is 11.4. The molecule has 3 aromatic carbocycles. The van der Waals surface area contributed by atoms with Crippen molar-refractivity contribution in [3.05, 3.63) is 107 Å². The molecule has 0 unspecified atom stereocenters. The second kappa shape index (κ2) is 10.1. The van der Waals surface area contributed by atoms with Crippen LogP contribution < -0.4 is 0 Å². The molecule has 26 heavy (non-hydrogen) atoms. The van der Waals surface area contributed by atoms with Crippen LogP contribution in [0.5, 0.6) is 0 Å². The molecule has 0 atom stereocenters. The average molecular weight is 471 g/mol. The van der Waals surface area contributed by atoms with Crippen molar-refractivity contribution in [2.75, 3.05) is 0 Å². The molecule has 4 heteroatoms. The summed E-state index contributed by atoms with van der Waals surface area (Å²) in [6, 6.07) is 29.6. The first kappa shape index (κ1) is 19.5. The van der Waals surface area contributed by atoms with E-state index in [4.69, 9.17) is 19.4 Å². The summed E-state index contributed by atoms with van der Waals surface area (Å²) in [5.41, 5.74) is 5.04. The van der Waals surface area contributed by atoms with Gasteiger partial charge in [0.05, 0.1) is 0 Å². The van der Waals surface area contributed by atoms with E-state index in [1.54, 1.807) is 0 Å². The van der Waals surface area contributed by atoms with E-state index in [2.05, 4.69) is 83.8 Å². The minimum atomic E-state index is -1.85. The predicted molar refractivity (Wildman–Crippen MR) is 109 cm³/mol. The Morgan fingerprint density at radius 1 is 0.654 bits per heavy atom. The Labute approximate surface area is 168 Å². The number of hydrogen-bond acceptors (Lipinski definition) is 1. The molecule has 0 radical (unpaired) electrons. The van der Waals surface area contributed by atoms with Gasteiger partial charge in [0.15, 0.2) is 0 Å². The molecule has 0 aliphatic carbocycles. The zero-order chi connectivity index (χ0) is 18.2. The standard InChI is InChI=1S/C22H21N.2ClH.Ru/c1-19-10-8-9-15-22(19)18-23(16-20-11-4-2-5-12-20)17-21-13-6-3-7-14-21;;;/h1-15H,16-18H2;2*1H;/q;;;+2/p-2. The predicted octanol–water partition coefficient (Wildman–Crippen LogP) is 5.97. The summed E-state index contributed by atoms with van der Waals surface area (Å²) >= 11 is -1.85. The van der Waals surface area contributed by atoms with Crippen molar-refractivity contribution in [3.8, 4) is 0 Å². The number of halogens is 2. The van der Waals surface area contributed by atoms with Crippen molar-refractivity contribution in [2.24, 2.45) is 0 Å². The summed E-state index contributed by atoms with van der Waals surface area (Å²) in [6.45, 7) is 2.64. The van der Waals surface area contributed by atoms with Gasteiger partial charge in [0.25, 0.3) is 0 Å². The van der Waals surface area contributed by atoms with Crippen LogP contribution in [0.1, 0.15) is 22.3 Å². The van der Waals surface area contributed by atoms with E-state index in [1.165, 1.54) is 16.7 Å². The summed E-state index contributed by atoms with van der Waals surface area (Å²) in [4.78, 5) is 2.46. The topological polar surface area (TPSA) is 3.24 Å². The molecule has 0 spiro atoms. The van der Waals surface area contributed by atoms with Crippen LogP contribution in [0.4, 0.5) is 0 Å². The Bertz CT molecular complexity index is 805. The molecular weight excluding hydrogens is 450 g/mol. The van der Waals surface area contributed by atoms with Gasteiger partial charge in [-0.25, -0.2) is 0 Å². The van der Waals surface area contributed by atoms with Gasteiger partial charge in [0.2, 0.25) is 0 Å².